The lowest BCUT2D eigenvalue weighted by Gasteiger charge is -2.09. The molecule has 0 aliphatic rings. The molecule has 0 spiro atoms. The highest BCUT2D eigenvalue weighted by Crippen LogP contribution is 2.28. The number of carbonyl (C=O) groups excluding carboxylic acids is 1. The molecule has 0 saturated heterocycles. The van der Waals surface area contributed by atoms with Crippen molar-refractivity contribution in [2.75, 3.05) is 19.5 Å². The summed E-state index contributed by atoms with van der Waals surface area (Å²) in [5.41, 5.74) is 1.90. The second-order valence-electron chi connectivity index (χ2n) is 5.38. The lowest BCUT2D eigenvalue weighted by molar-refractivity contribution is -0.116. The van der Waals surface area contributed by atoms with Crippen molar-refractivity contribution in [3.05, 3.63) is 47.3 Å². The Morgan fingerprint density at radius 3 is 2.76 bits per heavy atom. The van der Waals surface area contributed by atoms with Crippen LogP contribution in [-0.2, 0) is 11.2 Å². The van der Waals surface area contributed by atoms with Gasteiger partial charge in [-0.3, -0.25) is 9.89 Å². The highest BCUT2D eigenvalue weighted by Gasteiger charge is 2.10. The van der Waals surface area contributed by atoms with Gasteiger partial charge in [0, 0.05) is 12.5 Å². The van der Waals surface area contributed by atoms with Gasteiger partial charge in [-0.2, -0.15) is 5.10 Å². The molecule has 2 heterocycles. The van der Waals surface area contributed by atoms with E-state index in [0.29, 0.717) is 30.2 Å². The van der Waals surface area contributed by atoms with Gasteiger partial charge in [0.05, 0.1) is 24.8 Å². The molecule has 7 heteroatoms. The smallest absolute Gasteiger partial charge is 0.225 e. The highest BCUT2D eigenvalue weighted by molar-refractivity contribution is 7.13. The van der Waals surface area contributed by atoms with Crippen LogP contribution in [0.4, 0.5) is 5.82 Å². The van der Waals surface area contributed by atoms with Gasteiger partial charge in [-0.15, -0.1) is 11.3 Å². The third kappa shape index (κ3) is 4.19. The summed E-state index contributed by atoms with van der Waals surface area (Å²) in [5, 5.41) is 11.9. The first kappa shape index (κ1) is 17.0. The second kappa shape index (κ2) is 7.85. The maximum Gasteiger partial charge on any atom is 0.225 e. The molecule has 2 aromatic heterocycles. The number of H-pyrrole nitrogens is 1. The van der Waals surface area contributed by atoms with Crippen molar-refractivity contribution >= 4 is 23.1 Å². The molecule has 6 nitrogen and oxygen atoms in total. The highest BCUT2D eigenvalue weighted by atomic mass is 32.1. The molecular formula is C18H19N3O3S. The Hall–Kier alpha value is -2.80. The van der Waals surface area contributed by atoms with Crippen molar-refractivity contribution in [3.8, 4) is 22.1 Å². The minimum Gasteiger partial charge on any atom is -0.493 e. The van der Waals surface area contributed by atoms with E-state index in [9.17, 15) is 4.79 Å². The summed E-state index contributed by atoms with van der Waals surface area (Å²) in [6.07, 6.45) is 0.963. The van der Waals surface area contributed by atoms with E-state index >= 15 is 0 Å². The molecule has 3 rings (SSSR count). The number of carbonyl (C=O) groups is 1. The molecule has 0 aliphatic carbocycles. The fraction of sp³-hybridized carbons (Fsp3) is 0.222. The van der Waals surface area contributed by atoms with Gasteiger partial charge in [0.1, 0.15) is 0 Å². The summed E-state index contributed by atoms with van der Waals surface area (Å²) >= 11 is 1.62. The summed E-state index contributed by atoms with van der Waals surface area (Å²) in [7, 11) is 3.19. The van der Waals surface area contributed by atoms with E-state index in [1.54, 1.807) is 25.6 Å². The molecule has 2 N–H and O–H groups in total. The van der Waals surface area contributed by atoms with Crippen LogP contribution >= 0.6 is 11.3 Å². The monoisotopic (exact) mass is 357 g/mol. The summed E-state index contributed by atoms with van der Waals surface area (Å²) in [6.45, 7) is 0. The number of rotatable bonds is 7. The molecule has 0 unspecified atom stereocenters. The number of benzene rings is 1. The number of amides is 1. The minimum atomic E-state index is -0.0842. The van der Waals surface area contributed by atoms with Gasteiger partial charge < -0.3 is 14.8 Å². The molecule has 25 heavy (non-hydrogen) atoms. The number of anilines is 1. The van der Waals surface area contributed by atoms with Crippen molar-refractivity contribution in [2.45, 2.75) is 12.8 Å². The van der Waals surface area contributed by atoms with Crippen molar-refractivity contribution in [1.82, 2.24) is 10.2 Å². The lowest BCUT2D eigenvalue weighted by atomic mass is 10.1. The number of aryl methyl sites for hydroxylation is 1. The van der Waals surface area contributed by atoms with Crippen LogP contribution in [0.5, 0.6) is 11.5 Å². The van der Waals surface area contributed by atoms with Crippen molar-refractivity contribution in [3.63, 3.8) is 0 Å². The molecule has 0 radical (unpaired) electrons. The van der Waals surface area contributed by atoms with Gasteiger partial charge in [0.15, 0.2) is 17.3 Å². The van der Waals surface area contributed by atoms with E-state index in [1.807, 2.05) is 41.8 Å². The van der Waals surface area contributed by atoms with Gasteiger partial charge in [0.25, 0.3) is 0 Å². The van der Waals surface area contributed by atoms with Crippen LogP contribution in [0, 0.1) is 0 Å². The third-order valence-electron chi connectivity index (χ3n) is 3.72. The minimum absolute atomic E-state index is 0.0842. The zero-order valence-corrected chi connectivity index (χ0v) is 14.9. The molecule has 1 amide bonds. The first-order valence-electron chi connectivity index (χ1n) is 7.79. The summed E-state index contributed by atoms with van der Waals surface area (Å²) in [5.74, 6) is 1.78. The van der Waals surface area contributed by atoms with Gasteiger partial charge >= 0.3 is 0 Å². The Bertz CT molecular complexity index is 843. The van der Waals surface area contributed by atoms with Gasteiger partial charge in [-0.1, -0.05) is 12.1 Å². The van der Waals surface area contributed by atoms with E-state index in [2.05, 4.69) is 15.5 Å². The van der Waals surface area contributed by atoms with E-state index in [4.69, 9.17) is 9.47 Å². The van der Waals surface area contributed by atoms with Crippen LogP contribution in [0.2, 0.25) is 0 Å². The van der Waals surface area contributed by atoms with Crippen LogP contribution in [0.15, 0.2) is 41.8 Å². The normalized spacial score (nSPS) is 10.5. The number of ether oxygens (including phenoxy) is 2. The second-order valence-corrected chi connectivity index (χ2v) is 6.33. The Balaban J connectivity index is 1.56. The fourth-order valence-electron chi connectivity index (χ4n) is 2.44. The van der Waals surface area contributed by atoms with Crippen molar-refractivity contribution in [2.24, 2.45) is 0 Å². The predicted molar refractivity (Wildman–Crippen MR) is 98.4 cm³/mol. The quantitative estimate of drug-likeness (QED) is 0.675. The number of hydrogen-bond acceptors (Lipinski definition) is 5. The van der Waals surface area contributed by atoms with E-state index < -0.39 is 0 Å². The standard InChI is InChI=1S/C18H19N3O3S/c1-23-14-7-5-12(10-15(14)24-2)6-8-18(22)19-17-11-13(20-21-17)16-4-3-9-25-16/h3-5,7,9-11H,6,8H2,1-2H3,(H2,19,20,21,22). The average molecular weight is 357 g/mol. The SMILES string of the molecule is COc1ccc(CCC(=O)Nc2cc(-c3cccs3)[nH]n2)cc1OC. The Morgan fingerprint density at radius 1 is 1.20 bits per heavy atom. The van der Waals surface area contributed by atoms with Crippen LogP contribution in [0.3, 0.4) is 0 Å². The van der Waals surface area contributed by atoms with Crippen LogP contribution < -0.4 is 14.8 Å². The molecule has 130 valence electrons. The fourth-order valence-corrected chi connectivity index (χ4v) is 3.14. The maximum atomic E-state index is 12.1. The number of aromatic nitrogens is 2. The van der Waals surface area contributed by atoms with Crippen LogP contribution in [0.25, 0.3) is 10.6 Å². The summed E-state index contributed by atoms with van der Waals surface area (Å²) < 4.78 is 10.5. The molecule has 1 aromatic carbocycles. The number of nitrogens with one attached hydrogen (secondary N) is 2. The number of methoxy groups -OCH3 is 2. The zero-order valence-electron chi connectivity index (χ0n) is 14.0. The van der Waals surface area contributed by atoms with Gasteiger partial charge in [-0.05, 0) is 35.6 Å². The number of nitrogens with zero attached hydrogens (tertiary/aromatic N) is 1. The first-order chi connectivity index (χ1) is 12.2. The van der Waals surface area contributed by atoms with Crippen molar-refractivity contribution < 1.29 is 14.3 Å². The molecule has 3 aromatic rings. The predicted octanol–water partition coefficient (Wildman–Crippen LogP) is 3.73. The number of aromatic amines is 1. The van der Waals surface area contributed by atoms with Crippen LogP contribution in [0.1, 0.15) is 12.0 Å². The maximum absolute atomic E-state index is 12.1. The number of thiophene rings is 1. The Morgan fingerprint density at radius 2 is 2.04 bits per heavy atom. The van der Waals surface area contributed by atoms with E-state index in [0.717, 1.165) is 16.1 Å². The van der Waals surface area contributed by atoms with Gasteiger partial charge in [0.2, 0.25) is 5.91 Å². The van der Waals surface area contributed by atoms with Crippen LogP contribution in [-0.4, -0.2) is 30.3 Å². The molecule has 0 bridgehead atoms. The average Bonchev–Trinajstić information content (AvgIpc) is 3.31. The summed E-state index contributed by atoms with van der Waals surface area (Å²) in [6, 6.07) is 11.5. The zero-order chi connectivity index (χ0) is 17.6. The molecule has 0 atom stereocenters. The third-order valence-corrected chi connectivity index (χ3v) is 4.62. The molecule has 0 aliphatic heterocycles. The summed E-state index contributed by atoms with van der Waals surface area (Å²) in [4.78, 5) is 13.2. The first-order valence-corrected chi connectivity index (χ1v) is 8.67. The topological polar surface area (TPSA) is 76.2 Å². The molecule has 0 fully saturated rings. The van der Waals surface area contributed by atoms with Gasteiger partial charge in [-0.25, -0.2) is 0 Å². The van der Waals surface area contributed by atoms with Crippen molar-refractivity contribution in [1.29, 1.82) is 0 Å². The lowest BCUT2D eigenvalue weighted by Crippen LogP contribution is -2.12. The van der Waals surface area contributed by atoms with E-state index in [-0.39, 0.29) is 5.91 Å². The molecular weight excluding hydrogens is 338 g/mol. The largest absolute Gasteiger partial charge is 0.493 e. The van der Waals surface area contributed by atoms with E-state index in [1.165, 1.54) is 0 Å². The Labute approximate surface area is 149 Å². The Kier molecular flexibility index (Phi) is 5.35. The number of hydrogen-bond donors (Lipinski definition) is 2. The molecule has 0 saturated carbocycles.